The Morgan fingerprint density at radius 3 is 2.42 bits per heavy atom. The molecule has 0 heterocycles. The molecule has 0 aromatic heterocycles. The van der Waals surface area contributed by atoms with E-state index in [0.29, 0.717) is 18.5 Å². The molecule has 0 saturated carbocycles. The van der Waals surface area contributed by atoms with Crippen molar-refractivity contribution in [2.24, 2.45) is 4.99 Å². The molecule has 0 spiro atoms. The maximum absolute atomic E-state index is 13.1. The van der Waals surface area contributed by atoms with Crippen molar-refractivity contribution in [3.05, 3.63) is 35.4 Å². The molecule has 0 atom stereocenters. The number of rotatable bonds is 10. The Bertz CT molecular complexity index is 467. The predicted octanol–water partition coefficient (Wildman–Crippen LogP) is 3.50. The highest BCUT2D eigenvalue weighted by molar-refractivity contribution is 14.0. The SMILES string of the molecule is CCNC(=NCCCCOCC)NCCc1cc(F)cc(F)c1.I. The molecule has 0 bridgehead atoms. The van der Waals surface area contributed by atoms with Gasteiger partial charge in [-0.2, -0.15) is 0 Å². The van der Waals surface area contributed by atoms with Crippen LogP contribution in [0.25, 0.3) is 0 Å². The van der Waals surface area contributed by atoms with E-state index in [0.717, 1.165) is 51.2 Å². The third-order valence-corrected chi connectivity index (χ3v) is 3.14. The number of hydrogen-bond donors (Lipinski definition) is 2. The van der Waals surface area contributed by atoms with E-state index in [4.69, 9.17) is 4.74 Å². The van der Waals surface area contributed by atoms with Gasteiger partial charge in [-0.3, -0.25) is 4.99 Å². The zero-order chi connectivity index (χ0) is 16.9. The smallest absolute Gasteiger partial charge is 0.191 e. The average molecular weight is 455 g/mol. The van der Waals surface area contributed by atoms with Crippen LogP contribution >= 0.6 is 24.0 Å². The van der Waals surface area contributed by atoms with Crippen LogP contribution in [-0.2, 0) is 11.2 Å². The highest BCUT2D eigenvalue weighted by Gasteiger charge is 2.02. The van der Waals surface area contributed by atoms with Gasteiger partial charge < -0.3 is 15.4 Å². The monoisotopic (exact) mass is 455 g/mol. The van der Waals surface area contributed by atoms with Crippen molar-refractivity contribution in [2.75, 3.05) is 32.8 Å². The molecular weight excluding hydrogens is 427 g/mol. The van der Waals surface area contributed by atoms with Crippen LogP contribution in [0.2, 0.25) is 0 Å². The number of aliphatic imine (C=N–C) groups is 1. The summed E-state index contributed by atoms with van der Waals surface area (Å²) in [4.78, 5) is 4.47. The van der Waals surface area contributed by atoms with E-state index in [2.05, 4.69) is 15.6 Å². The molecule has 0 aliphatic carbocycles. The molecule has 24 heavy (non-hydrogen) atoms. The molecule has 1 aromatic rings. The Morgan fingerprint density at radius 2 is 1.79 bits per heavy atom. The molecule has 2 N–H and O–H groups in total. The first kappa shape index (κ1) is 23.0. The van der Waals surface area contributed by atoms with Gasteiger partial charge in [0.15, 0.2) is 5.96 Å². The number of guanidine groups is 1. The highest BCUT2D eigenvalue weighted by Crippen LogP contribution is 2.08. The third kappa shape index (κ3) is 10.7. The molecule has 0 saturated heterocycles. The lowest BCUT2D eigenvalue weighted by atomic mass is 10.1. The molecule has 0 aliphatic rings. The summed E-state index contributed by atoms with van der Waals surface area (Å²) in [7, 11) is 0. The molecule has 0 fully saturated rings. The van der Waals surface area contributed by atoms with Gasteiger partial charge in [-0.15, -0.1) is 24.0 Å². The number of nitrogens with one attached hydrogen (secondary N) is 2. The van der Waals surface area contributed by atoms with Crippen LogP contribution in [0.15, 0.2) is 23.2 Å². The summed E-state index contributed by atoms with van der Waals surface area (Å²) in [6.45, 7) is 7.53. The summed E-state index contributed by atoms with van der Waals surface area (Å²) in [6.07, 6.45) is 2.48. The molecule has 0 unspecified atom stereocenters. The Kier molecular flexibility index (Phi) is 13.8. The minimum Gasteiger partial charge on any atom is -0.382 e. The Labute approximate surface area is 160 Å². The zero-order valence-corrected chi connectivity index (χ0v) is 16.7. The standard InChI is InChI=1S/C17H27F2N3O.HI/c1-3-20-17(21-8-5-6-10-23-4-2)22-9-7-14-11-15(18)13-16(19)12-14;/h11-13H,3-10H2,1-2H3,(H2,20,21,22);1H. The predicted molar refractivity (Wildman–Crippen MR) is 105 cm³/mol. The second kappa shape index (κ2) is 14.4. The molecular formula is C17H28F2IN3O. The summed E-state index contributed by atoms with van der Waals surface area (Å²) in [5, 5.41) is 6.33. The van der Waals surface area contributed by atoms with Gasteiger partial charge in [0.2, 0.25) is 0 Å². The topological polar surface area (TPSA) is 45.7 Å². The number of hydrogen-bond acceptors (Lipinski definition) is 2. The molecule has 7 heteroatoms. The van der Waals surface area contributed by atoms with E-state index in [1.807, 2.05) is 13.8 Å². The largest absolute Gasteiger partial charge is 0.382 e. The van der Waals surface area contributed by atoms with Crippen molar-refractivity contribution in [1.29, 1.82) is 0 Å². The van der Waals surface area contributed by atoms with Crippen LogP contribution in [0, 0.1) is 11.6 Å². The van der Waals surface area contributed by atoms with Gasteiger partial charge >= 0.3 is 0 Å². The van der Waals surface area contributed by atoms with Crippen molar-refractivity contribution in [2.45, 2.75) is 33.1 Å². The molecule has 138 valence electrons. The number of unbranched alkanes of at least 4 members (excludes halogenated alkanes) is 1. The number of benzene rings is 1. The molecule has 0 aliphatic heterocycles. The minimum atomic E-state index is -0.546. The molecule has 1 aromatic carbocycles. The minimum absolute atomic E-state index is 0. The normalized spacial score (nSPS) is 11.1. The van der Waals surface area contributed by atoms with Crippen molar-refractivity contribution < 1.29 is 13.5 Å². The summed E-state index contributed by atoms with van der Waals surface area (Å²) >= 11 is 0. The van der Waals surface area contributed by atoms with E-state index in [1.165, 1.54) is 12.1 Å². The number of ether oxygens (including phenoxy) is 1. The van der Waals surface area contributed by atoms with Gasteiger partial charge in [0.05, 0.1) is 0 Å². The van der Waals surface area contributed by atoms with Crippen LogP contribution in [0.3, 0.4) is 0 Å². The van der Waals surface area contributed by atoms with Gasteiger partial charge in [-0.05, 0) is 50.8 Å². The second-order valence-electron chi connectivity index (χ2n) is 5.12. The molecule has 4 nitrogen and oxygen atoms in total. The average Bonchev–Trinajstić information content (AvgIpc) is 2.49. The van der Waals surface area contributed by atoms with Crippen molar-refractivity contribution in [3.63, 3.8) is 0 Å². The van der Waals surface area contributed by atoms with Gasteiger partial charge in [0, 0.05) is 38.9 Å². The maximum Gasteiger partial charge on any atom is 0.191 e. The van der Waals surface area contributed by atoms with E-state index in [1.54, 1.807) is 0 Å². The second-order valence-corrected chi connectivity index (χ2v) is 5.12. The van der Waals surface area contributed by atoms with Crippen molar-refractivity contribution in [3.8, 4) is 0 Å². The lowest BCUT2D eigenvalue weighted by Gasteiger charge is -2.11. The van der Waals surface area contributed by atoms with Crippen LogP contribution in [0.1, 0.15) is 32.3 Å². The fourth-order valence-electron chi connectivity index (χ4n) is 2.07. The first-order valence-electron chi connectivity index (χ1n) is 8.20. The summed E-state index contributed by atoms with van der Waals surface area (Å²) < 4.78 is 31.5. The van der Waals surface area contributed by atoms with E-state index >= 15 is 0 Å². The quantitative estimate of drug-likeness (QED) is 0.246. The number of halogens is 3. The Balaban J connectivity index is 0.00000529. The molecule has 1 rings (SSSR count). The number of nitrogens with zero attached hydrogens (tertiary/aromatic N) is 1. The Hall–Kier alpha value is -0.960. The van der Waals surface area contributed by atoms with Crippen LogP contribution in [-0.4, -0.2) is 38.8 Å². The highest BCUT2D eigenvalue weighted by atomic mass is 127. The van der Waals surface area contributed by atoms with E-state index in [-0.39, 0.29) is 24.0 Å². The van der Waals surface area contributed by atoms with Crippen LogP contribution < -0.4 is 10.6 Å². The summed E-state index contributed by atoms with van der Waals surface area (Å²) in [6, 6.07) is 3.58. The fraction of sp³-hybridized carbons (Fsp3) is 0.588. The van der Waals surface area contributed by atoms with Gasteiger partial charge in [-0.1, -0.05) is 0 Å². The summed E-state index contributed by atoms with van der Waals surface area (Å²) in [5.41, 5.74) is 0.627. The summed E-state index contributed by atoms with van der Waals surface area (Å²) in [5.74, 6) is -0.370. The maximum atomic E-state index is 13.1. The lowest BCUT2D eigenvalue weighted by molar-refractivity contribution is 0.144. The fourth-order valence-corrected chi connectivity index (χ4v) is 2.07. The van der Waals surface area contributed by atoms with Crippen molar-refractivity contribution >= 4 is 29.9 Å². The van der Waals surface area contributed by atoms with Gasteiger partial charge in [-0.25, -0.2) is 8.78 Å². The van der Waals surface area contributed by atoms with E-state index < -0.39 is 11.6 Å². The van der Waals surface area contributed by atoms with Crippen LogP contribution in [0.4, 0.5) is 8.78 Å². The zero-order valence-electron chi connectivity index (χ0n) is 14.4. The van der Waals surface area contributed by atoms with Crippen molar-refractivity contribution in [1.82, 2.24) is 10.6 Å². The molecule has 0 amide bonds. The Morgan fingerprint density at radius 1 is 1.08 bits per heavy atom. The lowest BCUT2D eigenvalue weighted by Crippen LogP contribution is -2.38. The third-order valence-electron chi connectivity index (χ3n) is 3.14. The van der Waals surface area contributed by atoms with Crippen LogP contribution in [0.5, 0.6) is 0 Å². The molecule has 0 radical (unpaired) electrons. The first-order valence-corrected chi connectivity index (χ1v) is 8.20. The van der Waals surface area contributed by atoms with Gasteiger partial charge in [0.25, 0.3) is 0 Å². The van der Waals surface area contributed by atoms with Gasteiger partial charge in [0.1, 0.15) is 11.6 Å². The van der Waals surface area contributed by atoms with E-state index in [9.17, 15) is 8.78 Å². The first-order chi connectivity index (χ1) is 11.2.